The summed E-state index contributed by atoms with van der Waals surface area (Å²) in [7, 11) is 0. The first-order valence-electron chi connectivity index (χ1n) is 9.24. The van der Waals surface area contributed by atoms with Gasteiger partial charge in [0.25, 0.3) is 0 Å². The zero-order valence-electron chi connectivity index (χ0n) is 15.4. The van der Waals surface area contributed by atoms with Crippen LogP contribution in [0.1, 0.15) is 27.2 Å². The molecule has 0 bridgehead atoms. The molecule has 0 aliphatic carbocycles. The molecule has 1 amide bonds. The highest BCUT2D eigenvalue weighted by molar-refractivity contribution is 5.80. The molecule has 0 spiro atoms. The number of hydrogen-bond acceptors (Lipinski definition) is 4. The zero-order chi connectivity index (χ0) is 17.4. The summed E-state index contributed by atoms with van der Waals surface area (Å²) < 4.78 is 5.45. The minimum atomic E-state index is 0.0232. The first-order valence-corrected chi connectivity index (χ1v) is 9.24. The molecular formula is C17H33N5O2. The molecule has 2 aliphatic heterocycles. The molecule has 1 atom stereocenters. The van der Waals surface area contributed by atoms with Gasteiger partial charge in [0, 0.05) is 51.2 Å². The Morgan fingerprint density at radius 1 is 1.25 bits per heavy atom. The van der Waals surface area contributed by atoms with Crippen LogP contribution in [0.4, 0.5) is 0 Å². The summed E-state index contributed by atoms with van der Waals surface area (Å²) in [4.78, 5) is 21.1. The third-order valence-corrected chi connectivity index (χ3v) is 4.56. The second-order valence-electron chi connectivity index (χ2n) is 6.72. The molecule has 0 aromatic heterocycles. The molecule has 7 nitrogen and oxygen atoms in total. The van der Waals surface area contributed by atoms with Gasteiger partial charge in [0.15, 0.2) is 5.96 Å². The molecule has 138 valence electrons. The van der Waals surface area contributed by atoms with Gasteiger partial charge in [-0.1, -0.05) is 13.8 Å². The largest absolute Gasteiger partial charge is 0.379 e. The Labute approximate surface area is 145 Å². The number of aliphatic imine (C=N–C) groups is 1. The summed E-state index contributed by atoms with van der Waals surface area (Å²) in [5, 5.41) is 6.30. The van der Waals surface area contributed by atoms with E-state index >= 15 is 0 Å². The van der Waals surface area contributed by atoms with E-state index < -0.39 is 0 Å². The molecule has 2 saturated heterocycles. The summed E-state index contributed by atoms with van der Waals surface area (Å²) in [5.41, 5.74) is 0. The van der Waals surface area contributed by atoms with Crippen LogP contribution in [0, 0.1) is 5.92 Å². The number of carbonyl (C=O) groups excluding carboxylic acids is 1. The molecule has 24 heavy (non-hydrogen) atoms. The molecule has 0 aromatic rings. The number of rotatable bonds is 6. The third-order valence-electron chi connectivity index (χ3n) is 4.56. The Morgan fingerprint density at radius 2 is 2.00 bits per heavy atom. The number of carbonyl (C=O) groups is 1. The maximum absolute atomic E-state index is 11.6. The molecule has 2 rings (SSSR count). The highest BCUT2D eigenvalue weighted by Gasteiger charge is 2.30. The van der Waals surface area contributed by atoms with E-state index in [0.29, 0.717) is 19.1 Å². The summed E-state index contributed by atoms with van der Waals surface area (Å²) >= 11 is 0. The SMILES string of the molecule is CCNC(=NCCNC(=O)C(C)C)N1CCC(N2CCOCC2)C1. The number of morpholine rings is 1. The fourth-order valence-corrected chi connectivity index (χ4v) is 3.15. The Bertz CT molecular complexity index is 421. The predicted octanol–water partition coefficient (Wildman–Crippen LogP) is 0.131. The second kappa shape index (κ2) is 9.84. The van der Waals surface area contributed by atoms with Crippen molar-refractivity contribution in [2.45, 2.75) is 33.2 Å². The molecule has 0 saturated carbocycles. The van der Waals surface area contributed by atoms with Crippen molar-refractivity contribution in [2.24, 2.45) is 10.9 Å². The normalized spacial score (nSPS) is 22.9. The van der Waals surface area contributed by atoms with Gasteiger partial charge < -0.3 is 20.3 Å². The van der Waals surface area contributed by atoms with Crippen molar-refractivity contribution in [1.29, 1.82) is 0 Å². The van der Waals surface area contributed by atoms with Gasteiger partial charge in [-0.2, -0.15) is 0 Å². The number of nitrogens with one attached hydrogen (secondary N) is 2. The molecule has 7 heteroatoms. The molecule has 0 aromatic carbocycles. The second-order valence-corrected chi connectivity index (χ2v) is 6.72. The van der Waals surface area contributed by atoms with Gasteiger partial charge in [0.2, 0.25) is 5.91 Å². The summed E-state index contributed by atoms with van der Waals surface area (Å²) in [6.07, 6.45) is 1.18. The summed E-state index contributed by atoms with van der Waals surface area (Å²) in [6.45, 7) is 13.8. The maximum atomic E-state index is 11.6. The van der Waals surface area contributed by atoms with Crippen LogP contribution >= 0.6 is 0 Å². The smallest absolute Gasteiger partial charge is 0.222 e. The maximum Gasteiger partial charge on any atom is 0.222 e. The number of hydrogen-bond donors (Lipinski definition) is 2. The van der Waals surface area contributed by atoms with Gasteiger partial charge in [0.1, 0.15) is 0 Å². The van der Waals surface area contributed by atoms with Crippen LogP contribution < -0.4 is 10.6 Å². The standard InChI is InChI=1S/C17H33N5O2/c1-4-18-17(20-7-6-19-16(23)14(2)3)22-8-5-15(13-22)21-9-11-24-12-10-21/h14-15H,4-13H2,1-3H3,(H,18,20)(H,19,23). The van der Waals surface area contributed by atoms with E-state index in [1.807, 2.05) is 13.8 Å². The topological polar surface area (TPSA) is 69.2 Å². The van der Waals surface area contributed by atoms with Gasteiger partial charge in [-0.3, -0.25) is 14.7 Å². The average molecular weight is 339 g/mol. The number of amides is 1. The van der Waals surface area contributed by atoms with Crippen LogP contribution in [0.3, 0.4) is 0 Å². The van der Waals surface area contributed by atoms with Crippen molar-refractivity contribution in [2.75, 3.05) is 59.0 Å². The summed E-state index contributed by atoms with van der Waals surface area (Å²) in [6, 6.07) is 0.596. The molecule has 0 radical (unpaired) electrons. The number of nitrogens with zero attached hydrogens (tertiary/aromatic N) is 3. The lowest BCUT2D eigenvalue weighted by atomic mass is 10.2. The van der Waals surface area contributed by atoms with Gasteiger partial charge >= 0.3 is 0 Å². The van der Waals surface area contributed by atoms with Gasteiger partial charge in [-0.05, 0) is 13.3 Å². The van der Waals surface area contributed by atoms with Gasteiger partial charge in [0.05, 0.1) is 19.8 Å². The number of likely N-dealkylation sites (tertiary alicyclic amines) is 1. The molecule has 2 heterocycles. The van der Waals surface area contributed by atoms with E-state index in [1.165, 1.54) is 6.42 Å². The molecule has 2 aliphatic rings. The summed E-state index contributed by atoms with van der Waals surface area (Å²) in [5.74, 6) is 1.07. The highest BCUT2D eigenvalue weighted by Crippen LogP contribution is 2.17. The zero-order valence-corrected chi connectivity index (χ0v) is 15.4. The Hall–Kier alpha value is -1.34. The lowest BCUT2D eigenvalue weighted by Gasteiger charge is -2.32. The minimum Gasteiger partial charge on any atom is -0.379 e. The first-order chi connectivity index (χ1) is 11.6. The highest BCUT2D eigenvalue weighted by atomic mass is 16.5. The van der Waals surface area contributed by atoms with E-state index in [4.69, 9.17) is 4.74 Å². The van der Waals surface area contributed by atoms with Gasteiger partial charge in [-0.15, -0.1) is 0 Å². The van der Waals surface area contributed by atoms with Crippen LogP contribution in [-0.4, -0.2) is 86.7 Å². The van der Waals surface area contributed by atoms with Crippen molar-refractivity contribution < 1.29 is 9.53 Å². The van der Waals surface area contributed by atoms with Crippen molar-refractivity contribution in [3.8, 4) is 0 Å². The lowest BCUT2D eigenvalue weighted by molar-refractivity contribution is -0.123. The molecular weight excluding hydrogens is 306 g/mol. The average Bonchev–Trinajstić information content (AvgIpc) is 3.08. The van der Waals surface area contributed by atoms with Crippen molar-refractivity contribution in [1.82, 2.24) is 20.4 Å². The van der Waals surface area contributed by atoms with Crippen LogP contribution in [0.2, 0.25) is 0 Å². The van der Waals surface area contributed by atoms with E-state index in [2.05, 4.69) is 32.3 Å². The molecule has 2 N–H and O–H groups in total. The lowest BCUT2D eigenvalue weighted by Crippen LogP contribution is -2.46. The molecule has 1 unspecified atom stereocenters. The molecule has 2 fully saturated rings. The van der Waals surface area contributed by atoms with Crippen molar-refractivity contribution in [3.05, 3.63) is 0 Å². The van der Waals surface area contributed by atoms with E-state index in [-0.39, 0.29) is 11.8 Å². The first kappa shape index (κ1) is 19.0. The minimum absolute atomic E-state index is 0.0232. The van der Waals surface area contributed by atoms with E-state index in [1.54, 1.807) is 0 Å². The van der Waals surface area contributed by atoms with Gasteiger partial charge in [-0.25, -0.2) is 0 Å². The van der Waals surface area contributed by atoms with Crippen LogP contribution in [0.25, 0.3) is 0 Å². The Balaban J connectivity index is 1.81. The van der Waals surface area contributed by atoms with Crippen LogP contribution in [-0.2, 0) is 9.53 Å². The van der Waals surface area contributed by atoms with Crippen LogP contribution in [0.15, 0.2) is 4.99 Å². The van der Waals surface area contributed by atoms with E-state index in [9.17, 15) is 4.79 Å². The Morgan fingerprint density at radius 3 is 2.67 bits per heavy atom. The fourth-order valence-electron chi connectivity index (χ4n) is 3.15. The van der Waals surface area contributed by atoms with E-state index in [0.717, 1.165) is 51.9 Å². The number of ether oxygens (including phenoxy) is 1. The quantitative estimate of drug-likeness (QED) is 0.409. The van der Waals surface area contributed by atoms with Crippen LogP contribution in [0.5, 0.6) is 0 Å². The number of guanidine groups is 1. The Kier molecular flexibility index (Phi) is 7.78. The monoisotopic (exact) mass is 339 g/mol. The van der Waals surface area contributed by atoms with Crippen molar-refractivity contribution >= 4 is 11.9 Å². The third kappa shape index (κ3) is 5.63. The van der Waals surface area contributed by atoms with Crippen molar-refractivity contribution in [3.63, 3.8) is 0 Å². The predicted molar refractivity (Wildman–Crippen MR) is 96.2 cm³/mol. The fraction of sp³-hybridized carbons (Fsp3) is 0.882.